The van der Waals surface area contributed by atoms with E-state index in [4.69, 9.17) is 9.47 Å². The number of fused-ring (bicyclic) bond motifs is 1. The fourth-order valence-electron chi connectivity index (χ4n) is 4.32. The van der Waals surface area contributed by atoms with Crippen LogP contribution in [0.4, 0.5) is 18.0 Å². The lowest BCUT2D eigenvalue weighted by molar-refractivity contribution is -0.141. The quantitative estimate of drug-likeness (QED) is 0.541. The number of pyridine rings is 1. The third-order valence-corrected chi connectivity index (χ3v) is 6.27. The Morgan fingerprint density at radius 1 is 1.11 bits per heavy atom. The molecule has 3 aromatic rings. The van der Waals surface area contributed by atoms with Crippen molar-refractivity contribution < 1.29 is 27.4 Å². The molecule has 0 radical (unpaired) electrons. The van der Waals surface area contributed by atoms with Gasteiger partial charge in [-0.05, 0) is 19.1 Å². The van der Waals surface area contributed by atoms with E-state index in [1.165, 1.54) is 12.4 Å². The molecular weight excluding hydrogens is 467 g/mol. The average Bonchev–Trinajstić information content (AvgIpc) is 3.43. The Kier molecular flexibility index (Phi) is 5.95. The molecule has 2 amide bonds. The van der Waals surface area contributed by atoms with Crippen LogP contribution in [0.1, 0.15) is 19.0 Å². The third kappa shape index (κ3) is 4.35. The molecule has 2 aliphatic rings. The number of methoxy groups -OCH3 is 1. The van der Waals surface area contributed by atoms with Crippen LogP contribution in [-0.4, -0.2) is 85.8 Å². The molecule has 10 nitrogen and oxygen atoms in total. The van der Waals surface area contributed by atoms with Crippen molar-refractivity contribution in [1.82, 2.24) is 34.3 Å². The first-order chi connectivity index (χ1) is 16.8. The number of carbonyl (C=O) groups is 1. The van der Waals surface area contributed by atoms with Gasteiger partial charge in [0.25, 0.3) is 0 Å². The maximum absolute atomic E-state index is 12.9. The van der Waals surface area contributed by atoms with Crippen molar-refractivity contribution in [1.29, 1.82) is 0 Å². The Bertz CT molecular complexity index is 1230. The number of rotatable bonds is 5. The molecule has 0 N–H and O–H groups in total. The number of ether oxygens (including phenoxy) is 2. The Morgan fingerprint density at radius 3 is 2.54 bits per heavy atom. The zero-order valence-corrected chi connectivity index (χ0v) is 19.2. The molecule has 3 aromatic heterocycles. The first-order valence-electron chi connectivity index (χ1n) is 11.3. The lowest BCUT2D eigenvalue weighted by Crippen LogP contribution is -2.58. The number of amides is 2. The van der Waals surface area contributed by atoms with Crippen molar-refractivity contribution in [3.8, 4) is 17.3 Å². The molecule has 2 aliphatic heterocycles. The Morgan fingerprint density at radius 2 is 1.89 bits per heavy atom. The third-order valence-electron chi connectivity index (χ3n) is 6.27. The van der Waals surface area contributed by atoms with Crippen LogP contribution in [0.2, 0.25) is 0 Å². The minimum absolute atomic E-state index is 0.0374. The molecule has 13 heteroatoms. The summed E-state index contributed by atoms with van der Waals surface area (Å²) in [6.45, 7) is 4.52. The molecule has 2 saturated heterocycles. The number of nitrogens with zero attached hydrogens (tertiary/aromatic N) is 7. The molecule has 0 spiro atoms. The Labute approximate surface area is 198 Å². The second-order valence-corrected chi connectivity index (χ2v) is 8.48. The van der Waals surface area contributed by atoms with E-state index in [-0.39, 0.29) is 24.1 Å². The highest BCUT2D eigenvalue weighted by Gasteiger charge is 2.37. The smallest absolute Gasteiger partial charge is 0.433 e. The fraction of sp³-hybridized carbons (Fsp3) is 0.500. The van der Waals surface area contributed by atoms with Gasteiger partial charge in [0, 0.05) is 38.4 Å². The minimum atomic E-state index is -4.52. The number of urea groups is 1. The van der Waals surface area contributed by atoms with E-state index in [1.807, 2.05) is 6.92 Å². The highest BCUT2D eigenvalue weighted by atomic mass is 19.4. The van der Waals surface area contributed by atoms with Crippen LogP contribution >= 0.6 is 0 Å². The zero-order valence-electron chi connectivity index (χ0n) is 19.2. The molecule has 0 unspecified atom stereocenters. The predicted molar refractivity (Wildman–Crippen MR) is 118 cm³/mol. The molecule has 5 rings (SSSR count). The number of likely N-dealkylation sites (tertiary alicyclic amines) is 2. The van der Waals surface area contributed by atoms with E-state index in [2.05, 4.69) is 19.9 Å². The number of aromatic nitrogens is 5. The monoisotopic (exact) mass is 491 g/mol. The van der Waals surface area contributed by atoms with Gasteiger partial charge in [-0.3, -0.25) is 4.98 Å². The van der Waals surface area contributed by atoms with E-state index in [1.54, 1.807) is 21.5 Å². The predicted octanol–water partition coefficient (Wildman–Crippen LogP) is 2.83. The van der Waals surface area contributed by atoms with E-state index in [0.29, 0.717) is 61.7 Å². The zero-order chi connectivity index (χ0) is 24.7. The van der Waals surface area contributed by atoms with Crippen LogP contribution < -0.4 is 4.74 Å². The van der Waals surface area contributed by atoms with E-state index in [0.717, 1.165) is 12.3 Å². The average molecular weight is 491 g/mol. The van der Waals surface area contributed by atoms with E-state index >= 15 is 0 Å². The van der Waals surface area contributed by atoms with Crippen molar-refractivity contribution in [3.63, 3.8) is 0 Å². The summed E-state index contributed by atoms with van der Waals surface area (Å²) in [6, 6.07) is 2.22. The van der Waals surface area contributed by atoms with Crippen LogP contribution in [-0.2, 0) is 17.5 Å². The van der Waals surface area contributed by atoms with Crippen LogP contribution in [0.3, 0.4) is 0 Å². The number of imidazole rings is 1. The lowest BCUT2D eigenvalue weighted by Gasteiger charge is -2.40. The van der Waals surface area contributed by atoms with Crippen LogP contribution in [0.15, 0.2) is 24.7 Å². The van der Waals surface area contributed by atoms with Crippen molar-refractivity contribution in [3.05, 3.63) is 30.4 Å². The lowest BCUT2D eigenvalue weighted by atomic mass is 10.2. The highest BCUT2D eigenvalue weighted by Crippen LogP contribution is 2.32. The normalized spacial score (nSPS) is 18.8. The van der Waals surface area contributed by atoms with E-state index < -0.39 is 11.9 Å². The summed E-state index contributed by atoms with van der Waals surface area (Å²) in [6.07, 6.45) is -1.54. The van der Waals surface area contributed by atoms with Crippen LogP contribution in [0.25, 0.3) is 22.6 Å². The number of carbonyl (C=O) groups excluding carboxylic acids is 1. The standard InChI is InChI=1S/C22H24F3N7O3/c1-3-32-18(13-4-5-16(26-8-13)22(23,24)25)29-17-19(32)27-12-28-20(17)35-14-6-7-30(9-14)21(33)31-10-15(11-31)34-2/h4-5,8,12,14-15H,3,6-7,9-11H2,1-2H3/t14-/m0/s1. The number of aryl methyl sites for hydroxylation is 1. The SMILES string of the molecule is CCn1c(-c2ccc(C(F)(F)F)nc2)nc2c(O[C@H]3CCN(C(=O)N4CC(OC)C4)C3)ncnc21. The van der Waals surface area contributed by atoms with Gasteiger partial charge < -0.3 is 23.8 Å². The van der Waals surface area contributed by atoms with Gasteiger partial charge in [0.1, 0.15) is 23.9 Å². The van der Waals surface area contributed by atoms with Crippen molar-refractivity contribution >= 4 is 17.2 Å². The molecular formula is C22H24F3N7O3. The van der Waals surface area contributed by atoms with Gasteiger partial charge in [-0.15, -0.1) is 0 Å². The van der Waals surface area contributed by atoms with Crippen LogP contribution in [0.5, 0.6) is 5.88 Å². The molecule has 5 heterocycles. The minimum Gasteiger partial charge on any atom is -0.471 e. The molecule has 0 saturated carbocycles. The Hall–Kier alpha value is -3.48. The van der Waals surface area contributed by atoms with Gasteiger partial charge >= 0.3 is 12.2 Å². The number of hydrogen-bond acceptors (Lipinski definition) is 7. The van der Waals surface area contributed by atoms with E-state index in [9.17, 15) is 18.0 Å². The summed E-state index contributed by atoms with van der Waals surface area (Å²) in [5.74, 6) is 0.689. The summed E-state index contributed by atoms with van der Waals surface area (Å²) >= 11 is 0. The first kappa shape index (κ1) is 23.3. The van der Waals surface area contributed by atoms with Gasteiger partial charge in [-0.2, -0.15) is 18.2 Å². The van der Waals surface area contributed by atoms with Gasteiger partial charge in [0.05, 0.1) is 25.7 Å². The maximum Gasteiger partial charge on any atom is 0.433 e. The molecule has 1 atom stereocenters. The van der Waals surface area contributed by atoms with Crippen molar-refractivity contribution in [2.24, 2.45) is 0 Å². The van der Waals surface area contributed by atoms with Crippen molar-refractivity contribution in [2.45, 2.75) is 38.3 Å². The largest absolute Gasteiger partial charge is 0.471 e. The first-order valence-corrected chi connectivity index (χ1v) is 11.3. The molecule has 35 heavy (non-hydrogen) atoms. The summed E-state index contributed by atoms with van der Waals surface area (Å²) in [5, 5.41) is 0. The molecule has 2 fully saturated rings. The van der Waals surface area contributed by atoms with Gasteiger partial charge in [-0.25, -0.2) is 14.8 Å². The van der Waals surface area contributed by atoms with Gasteiger partial charge in [0.15, 0.2) is 11.2 Å². The Balaban J connectivity index is 1.35. The maximum atomic E-state index is 12.9. The highest BCUT2D eigenvalue weighted by molar-refractivity contribution is 5.81. The van der Waals surface area contributed by atoms with Gasteiger partial charge in [-0.1, -0.05) is 0 Å². The molecule has 0 aromatic carbocycles. The number of alkyl halides is 3. The summed E-state index contributed by atoms with van der Waals surface area (Å²) in [5.41, 5.74) is 0.357. The summed E-state index contributed by atoms with van der Waals surface area (Å²) < 4.78 is 51.9. The second kappa shape index (κ2) is 8.95. The molecule has 186 valence electrons. The summed E-state index contributed by atoms with van der Waals surface area (Å²) in [7, 11) is 1.63. The van der Waals surface area contributed by atoms with Gasteiger partial charge in [0.2, 0.25) is 5.88 Å². The number of halogens is 3. The molecule has 0 bridgehead atoms. The van der Waals surface area contributed by atoms with Crippen molar-refractivity contribution in [2.75, 3.05) is 33.3 Å². The fourth-order valence-corrected chi connectivity index (χ4v) is 4.32. The number of hydrogen-bond donors (Lipinski definition) is 0. The summed E-state index contributed by atoms with van der Waals surface area (Å²) in [4.78, 5) is 32.9. The second-order valence-electron chi connectivity index (χ2n) is 8.48. The topological polar surface area (TPSA) is 98.5 Å². The molecule has 0 aliphatic carbocycles. The van der Waals surface area contributed by atoms with Crippen LogP contribution in [0, 0.1) is 0 Å².